The summed E-state index contributed by atoms with van der Waals surface area (Å²) < 4.78 is 5.23. The fourth-order valence-electron chi connectivity index (χ4n) is 3.14. The van der Waals surface area contributed by atoms with Crippen LogP contribution >= 0.6 is 11.3 Å². The molecule has 3 amide bonds. The lowest BCUT2D eigenvalue weighted by molar-refractivity contribution is -0.137. The molecule has 0 radical (unpaired) electrons. The molecule has 28 heavy (non-hydrogen) atoms. The minimum atomic E-state index is -0.618. The number of esters is 1. The summed E-state index contributed by atoms with van der Waals surface area (Å²) in [7, 11) is 1.50. The van der Waals surface area contributed by atoms with E-state index in [1.807, 2.05) is 0 Å². The van der Waals surface area contributed by atoms with Crippen molar-refractivity contribution in [2.75, 3.05) is 25.5 Å². The van der Waals surface area contributed by atoms with Crippen LogP contribution in [0, 0.1) is 0 Å². The highest BCUT2D eigenvalue weighted by Gasteiger charge is 2.28. The summed E-state index contributed by atoms with van der Waals surface area (Å²) in [5.41, 5.74) is 1.27. The Hall–Kier alpha value is -2.42. The number of aryl methyl sites for hydroxylation is 1. The van der Waals surface area contributed by atoms with Gasteiger partial charge in [-0.05, 0) is 44.1 Å². The van der Waals surface area contributed by atoms with Gasteiger partial charge in [-0.2, -0.15) is 0 Å². The van der Waals surface area contributed by atoms with Gasteiger partial charge in [0.25, 0.3) is 5.91 Å². The van der Waals surface area contributed by atoms with E-state index >= 15 is 0 Å². The number of fused-ring (bicyclic) bond motifs is 1. The van der Waals surface area contributed by atoms with Crippen molar-refractivity contribution in [3.05, 3.63) is 16.0 Å². The first kappa shape index (κ1) is 20.3. The van der Waals surface area contributed by atoms with Gasteiger partial charge in [0.1, 0.15) is 5.00 Å². The van der Waals surface area contributed by atoms with E-state index in [2.05, 4.69) is 10.6 Å². The fraction of sp³-hybridized carbons (Fsp3) is 0.579. The minimum Gasteiger partial charge on any atom is -0.452 e. The lowest BCUT2D eigenvalue weighted by atomic mass is 9.95. The largest absolute Gasteiger partial charge is 0.452 e. The molecule has 1 saturated carbocycles. The Bertz CT molecular complexity index is 800. The number of nitrogens with one attached hydrogen (secondary N) is 2. The molecule has 1 aromatic rings. The van der Waals surface area contributed by atoms with Crippen LogP contribution in [0.15, 0.2) is 0 Å². The highest BCUT2D eigenvalue weighted by atomic mass is 32.1. The maximum atomic E-state index is 12.7. The third-order valence-electron chi connectivity index (χ3n) is 4.74. The maximum Gasteiger partial charge on any atom is 0.341 e. The topological polar surface area (TPSA) is 105 Å². The number of hydrogen-bond donors (Lipinski definition) is 2. The Balaban J connectivity index is 1.60. The van der Waals surface area contributed by atoms with Crippen LogP contribution in [-0.4, -0.2) is 54.8 Å². The van der Waals surface area contributed by atoms with E-state index in [0.717, 1.165) is 49.0 Å². The number of ether oxygens (including phenoxy) is 1. The molecule has 0 spiro atoms. The van der Waals surface area contributed by atoms with Crippen LogP contribution in [0.3, 0.4) is 0 Å². The van der Waals surface area contributed by atoms with Crippen molar-refractivity contribution in [3.8, 4) is 0 Å². The van der Waals surface area contributed by atoms with Crippen LogP contribution in [0.4, 0.5) is 5.00 Å². The molecule has 8 nitrogen and oxygen atoms in total. The molecule has 0 aliphatic heterocycles. The molecule has 1 heterocycles. The standard InChI is InChI=1S/C19H25N3O5S/c1-11(23)20-18-17(13-5-3-4-6-14(13)28-18)19(26)27-10-16(25)22(2)9-15(24)21-12-7-8-12/h12H,3-10H2,1-2H3,(H,20,23)(H,21,24). The second-order valence-corrected chi connectivity index (χ2v) is 8.37. The van der Waals surface area contributed by atoms with Gasteiger partial charge in [0.05, 0.1) is 12.1 Å². The molecule has 0 unspecified atom stereocenters. The van der Waals surface area contributed by atoms with Crippen molar-refractivity contribution in [2.45, 2.75) is 51.5 Å². The van der Waals surface area contributed by atoms with E-state index < -0.39 is 18.5 Å². The molecule has 1 fully saturated rings. The Morgan fingerprint density at radius 3 is 2.57 bits per heavy atom. The summed E-state index contributed by atoms with van der Waals surface area (Å²) in [4.78, 5) is 50.5. The SMILES string of the molecule is CC(=O)Nc1sc2c(c1C(=O)OCC(=O)N(C)CC(=O)NC1CC1)CCCC2. The number of anilines is 1. The first-order valence-corrected chi connectivity index (χ1v) is 10.3. The Morgan fingerprint density at radius 1 is 1.18 bits per heavy atom. The third kappa shape index (κ3) is 5.09. The van der Waals surface area contributed by atoms with Crippen molar-refractivity contribution in [1.82, 2.24) is 10.2 Å². The number of nitrogens with zero attached hydrogens (tertiary/aromatic N) is 1. The van der Waals surface area contributed by atoms with E-state index in [1.54, 1.807) is 0 Å². The molecule has 3 rings (SSSR count). The van der Waals surface area contributed by atoms with Gasteiger partial charge < -0.3 is 20.3 Å². The molecule has 2 aliphatic rings. The fourth-order valence-corrected chi connectivity index (χ4v) is 4.47. The molecule has 9 heteroatoms. The van der Waals surface area contributed by atoms with Crippen LogP contribution in [0.5, 0.6) is 0 Å². The number of hydrogen-bond acceptors (Lipinski definition) is 6. The van der Waals surface area contributed by atoms with Crippen molar-refractivity contribution < 1.29 is 23.9 Å². The van der Waals surface area contributed by atoms with Gasteiger partial charge in [0.2, 0.25) is 11.8 Å². The lowest BCUT2D eigenvalue weighted by Gasteiger charge is -2.17. The van der Waals surface area contributed by atoms with Crippen LogP contribution in [0.1, 0.15) is 53.4 Å². The number of rotatable bonds is 7. The number of likely N-dealkylation sites (N-methyl/N-ethyl adjacent to an activating group) is 1. The van der Waals surface area contributed by atoms with Gasteiger partial charge in [-0.3, -0.25) is 14.4 Å². The molecule has 2 N–H and O–H groups in total. The summed E-state index contributed by atoms with van der Waals surface area (Å²) in [5.74, 6) is -1.55. The molecule has 0 saturated heterocycles. The molecule has 152 valence electrons. The average molecular weight is 407 g/mol. The maximum absolute atomic E-state index is 12.7. The smallest absolute Gasteiger partial charge is 0.341 e. The minimum absolute atomic E-state index is 0.0716. The number of carbonyl (C=O) groups excluding carboxylic acids is 4. The zero-order chi connectivity index (χ0) is 20.3. The number of thiophene rings is 1. The van der Waals surface area contributed by atoms with E-state index in [-0.39, 0.29) is 24.4 Å². The van der Waals surface area contributed by atoms with Crippen LogP contribution in [0.2, 0.25) is 0 Å². The van der Waals surface area contributed by atoms with Gasteiger partial charge >= 0.3 is 5.97 Å². The van der Waals surface area contributed by atoms with Crippen LogP contribution in [-0.2, 0) is 32.0 Å². The van der Waals surface area contributed by atoms with Crippen molar-refractivity contribution in [3.63, 3.8) is 0 Å². The quantitative estimate of drug-likeness (QED) is 0.666. The van der Waals surface area contributed by atoms with Crippen LogP contribution in [0.25, 0.3) is 0 Å². The molecular formula is C19H25N3O5S. The molecule has 0 aromatic carbocycles. The van der Waals surface area contributed by atoms with E-state index in [4.69, 9.17) is 4.74 Å². The predicted molar refractivity (Wildman–Crippen MR) is 104 cm³/mol. The molecule has 2 aliphatic carbocycles. The summed E-state index contributed by atoms with van der Waals surface area (Å²) >= 11 is 1.40. The number of amides is 3. The van der Waals surface area contributed by atoms with Crippen molar-refractivity contribution in [2.24, 2.45) is 0 Å². The van der Waals surface area contributed by atoms with E-state index in [0.29, 0.717) is 10.6 Å². The van der Waals surface area contributed by atoms with E-state index in [1.165, 1.54) is 30.2 Å². The van der Waals surface area contributed by atoms with Gasteiger partial charge in [0.15, 0.2) is 6.61 Å². The molecular weight excluding hydrogens is 382 g/mol. The molecule has 0 atom stereocenters. The monoisotopic (exact) mass is 407 g/mol. The van der Waals surface area contributed by atoms with E-state index in [9.17, 15) is 19.2 Å². The zero-order valence-corrected chi connectivity index (χ0v) is 16.9. The first-order valence-electron chi connectivity index (χ1n) is 9.47. The second kappa shape index (κ2) is 8.72. The average Bonchev–Trinajstić information content (AvgIpc) is 3.36. The highest BCUT2D eigenvalue weighted by Crippen LogP contribution is 2.38. The normalized spacial score (nSPS) is 15.4. The van der Waals surface area contributed by atoms with Gasteiger partial charge in [0, 0.05) is 24.9 Å². The third-order valence-corrected chi connectivity index (χ3v) is 5.95. The Kier molecular flexibility index (Phi) is 6.33. The van der Waals surface area contributed by atoms with Gasteiger partial charge in [-0.1, -0.05) is 0 Å². The Morgan fingerprint density at radius 2 is 1.89 bits per heavy atom. The summed E-state index contributed by atoms with van der Waals surface area (Å²) in [6, 6.07) is 0.228. The molecule has 1 aromatic heterocycles. The number of carbonyl (C=O) groups is 4. The summed E-state index contributed by atoms with van der Waals surface area (Å²) in [6.07, 6.45) is 5.60. The predicted octanol–water partition coefficient (Wildman–Crippen LogP) is 1.48. The second-order valence-electron chi connectivity index (χ2n) is 7.26. The van der Waals surface area contributed by atoms with Gasteiger partial charge in [-0.25, -0.2) is 4.79 Å². The highest BCUT2D eigenvalue weighted by molar-refractivity contribution is 7.17. The zero-order valence-electron chi connectivity index (χ0n) is 16.1. The van der Waals surface area contributed by atoms with Crippen molar-refractivity contribution in [1.29, 1.82) is 0 Å². The van der Waals surface area contributed by atoms with Gasteiger partial charge in [-0.15, -0.1) is 11.3 Å². The summed E-state index contributed by atoms with van der Waals surface area (Å²) in [5, 5.41) is 5.99. The van der Waals surface area contributed by atoms with Crippen molar-refractivity contribution >= 4 is 40.0 Å². The first-order chi connectivity index (χ1) is 13.3. The summed E-state index contributed by atoms with van der Waals surface area (Å²) in [6.45, 7) is 0.868. The Labute approximate surface area is 167 Å². The molecule has 0 bridgehead atoms. The lowest BCUT2D eigenvalue weighted by Crippen LogP contribution is -2.40. The van der Waals surface area contributed by atoms with Crippen LogP contribution < -0.4 is 10.6 Å².